The lowest BCUT2D eigenvalue weighted by atomic mass is 9.62. The molecule has 5 rings (SSSR count). The Kier molecular flexibility index (Phi) is 9.16. The molecule has 3 saturated carbocycles. The van der Waals surface area contributed by atoms with Crippen molar-refractivity contribution in [1.29, 1.82) is 0 Å². The van der Waals surface area contributed by atoms with Crippen LogP contribution in [0.4, 0.5) is 0 Å². The van der Waals surface area contributed by atoms with Crippen molar-refractivity contribution in [1.82, 2.24) is 10.6 Å². The van der Waals surface area contributed by atoms with Crippen molar-refractivity contribution in [2.45, 2.75) is 135 Å². The third-order valence-electron chi connectivity index (χ3n) is 11.2. The Balaban J connectivity index is 1.38. The quantitative estimate of drug-likeness (QED) is 0.398. The van der Waals surface area contributed by atoms with E-state index in [1.165, 1.54) is 89.0 Å². The van der Waals surface area contributed by atoms with Gasteiger partial charge in [-0.15, -0.1) is 0 Å². The second kappa shape index (κ2) is 12.3. The monoisotopic (exact) mass is 492 g/mol. The summed E-state index contributed by atoms with van der Waals surface area (Å²) in [5.74, 6) is 6.03. The van der Waals surface area contributed by atoms with Crippen molar-refractivity contribution in [3.8, 4) is 0 Å². The molecule has 1 saturated heterocycles. The lowest BCUT2D eigenvalue weighted by Crippen LogP contribution is -2.57. The van der Waals surface area contributed by atoms with Crippen LogP contribution in [-0.2, 0) is 0 Å². The summed E-state index contributed by atoms with van der Waals surface area (Å²) in [7, 11) is 0. The SMILES string of the molecule is CC(C)C1CCCC(C(C)C)C1NC(c1ccccc1)C1CCCC(C2CCCC3CCCCC32)N1. The Hall–Kier alpha value is -0.860. The van der Waals surface area contributed by atoms with Gasteiger partial charge in [-0.1, -0.05) is 103 Å². The largest absolute Gasteiger partial charge is 0.309 e. The summed E-state index contributed by atoms with van der Waals surface area (Å²) < 4.78 is 0. The smallest absolute Gasteiger partial charge is 0.0478 e. The molecule has 0 amide bonds. The minimum Gasteiger partial charge on any atom is -0.309 e. The standard InChI is InChI=1S/C34H56N2/c1-23(2)27-18-11-19-28(24(3)4)34(27)36-33(26-14-6-5-7-15-26)32-22-12-21-31(35-32)30-20-10-16-25-13-8-9-17-29(25)30/h5-7,14-15,23-25,27-36H,8-13,16-22H2,1-4H3. The molecule has 2 heteroatoms. The molecule has 0 radical (unpaired) electrons. The van der Waals surface area contributed by atoms with Crippen LogP contribution in [0, 0.1) is 41.4 Å². The number of benzene rings is 1. The van der Waals surface area contributed by atoms with Crippen molar-refractivity contribution < 1.29 is 0 Å². The number of nitrogens with one attached hydrogen (secondary N) is 2. The first-order valence-electron chi connectivity index (χ1n) is 16.1. The van der Waals surface area contributed by atoms with Crippen LogP contribution in [0.5, 0.6) is 0 Å². The minimum atomic E-state index is 0.422. The molecule has 2 nitrogen and oxygen atoms in total. The normalized spacial score (nSPS) is 38.6. The molecule has 1 heterocycles. The summed E-state index contributed by atoms with van der Waals surface area (Å²) in [6.07, 6.45) is 18.8. The Bertz CT molecular complexity index is 770. The van der Waals surface area contributed by atoms with Gasteiger partial charge >= 0.3 is 0 Å². The van der Waals surface area contributed by atoms with Gasteiger partial charge in [-0.05, 0) is 85.5 Å². The molecule has 1 aromatic carbocycles. The van der Waals surface area contributed by atoms with Crippen molar-refractivity contribution >= 4 is 0 Å². The fourth-order valence-electron chi connectivity index (χ4n) is 9.41. The van der Waals surface area contributed by atoms with E-state index >= 15 is 0 Å². The molecular formula is C34H56N2. The van der Waals surface area contributed by atoms with Crippen LogP contribution in [0.25, 0.3) is 0 Å². The molecular weight excluding hydrogens is 436 g/mol. The maximum Gasteiger partial charge on any atom is 0.0478 e. The average Bonchev–Trinajstić information content (AvgIpc) is 2.91. The zero-order chi connectivity index (χ0) is 25.1. The third-order valence-corrected chi connectivity index (χ3v) is 11.2. The van der Waals surface area contributed by atoms with Crippen LogP contribution < -0.4 is 10.6 Å². The van der Waals surface area contributed by atoms with Crippen molar-refractivity contribution in [3.63, 3.8) is 0 Å². The van der Waals surface area contributed by atoms with E-state index < -0.39 is 0 Å². The van der Waals surface area contributed by atoms with E-state index in [9.17, 15) is 0 Å². The molecule has 4 aliphatic rings. The Morgan fingerprint density at radius 3 is 2.00 bits per heavy atom. The van der Waals surface area contributed by atoms with Crippen LogP contribution in [0.15, 0.2) is 30.3 Å². The van der Waals surface area contributed by atoms with E-state index in [4.69, 9.17) is 0 Å². The number of hydrogen-bond acceptors (Lipinski definition) is 2. The van der Waals surface area contributed by atoms with Gasteiger partial charge in [-0.25, -0.2) is 0 Å². The van der Waals surface area contributed by atoms with E-state index in [1.807, 2.05) is 0 Å². The zero-order valence-electron chi connectivity index (χ0n) is 23.9. The third kappa shape index (κ3) is 5.90. The zero-order valence-corrected chi connectivity index (χ0v) is 23.9. The van der Waals surface area contributed by atoms with E-state index in [1.54, 1.807) is 0 Å². The average molecular weight is 493 g/mol. The molecule has 0 spiro atoms. The Morgan fingerprint density at radius 2 is 1.28 bits per heavy atom. The highest BCUT2D eigenvalue weighted by atomic mass is 15.1. The fraction of sp³-hybridized carbons (Fsp3) is 0.824. The van der Waals surface area contributed by atoms with Gasteiger partial charge in [0.25, 0.3) is 0 Å². The topological polar surface area (TPSA) is 24.1 Å². The molecule has 36 heavy (non-hydrogen) atoms. The van der Waals surface area contributed by atoms with Gasteiger partial charge in [0.1, 0.15) is 0 Å². The highest BCUT2D eigenvalue weighted by Gasteiger charge is 2.43. The van der Waals surface area contributed by atoms with Crippen molar-refractivity contribution in [3.05, 3.63) is 35.9 Å². The Morgan fingerprint density at radius 1 is 0.667 bits per heavy atom. The molecule has 3 aliphatic carbocycles. The number of fused-ring (bicyclic) bond motifs is 1. The van der Waals surface area contributed by atoms with Crippen LogP contribution in [0.3, 0.4) is 0 Å². The van der Waals surface area contributed by atoms with E-state index in [2.05, 4.69) is 68.7 Å². The summed E-state index contributed by atoms with van der Waals surface area (Å²) in [6, 6.07) is 13.9. The van der Waals surface area contributed by atoms with Gasteiger partial charge in [-0.2, -0.15) is 0 Å². The number of hydrogen-bond donors (Lipinski definition) is 2. The lowest BCUT2D eigenvalue weighted by Gasteiger charge is -2.49. The maximum absolute atomic E-state index is 4.42. The van der Waals surface area contributed by atoms with Crippen LogP contribution in [0.2, 0.25) is 0 Å². The minimum absolute atomic E-state index is 0.422. The number of rotatable bonds is 7. The van der Waals surface area contributed by atoms with Gasteiger partial charge in [0.15, 0.2) is 0 Å². The molecule has 0 bridgehead atoms. The van der Waals surface area contributed by atoms with Crippen LogP contribution >= 0.6 is 0 Å². The highest BCUT2D eigenvalue weighted by molar-refractivity contribution is 5.22. The van der Waals surface area contributed by atoms with Gasteiger partial charge in [-0.3, -0.25) is 0 Å². The predicted molar refractivity (Wildman–Crippen MR) is 154 cm³/mol. The summed E-state index contributed by atoms with van der Waals surface area (Å²) in [5, 5.41) is 8.79. The first-order valence-corrected chi connectivity index (χ1v) is 16.1. The van der Waals surface area contributed by atoms with E-state index in [-0.39, 0.29) is 0 Å². The first kappa shape index (κ1) is 26.7. The number of piperidine rings is 1. The van der Waals surface area contributed by atoms with Gasteiger partial charge in [0.2, 0.25) is 0 Å². The van der Waals surface area contributed by atoms with Crippen LogP contribution in [-0.4, -0.2) is 18.1 Å². The van der Waals surface area contributed by atoms with E-state index in [0.717, 1.165) is 47.5 Å². The van der Waals surface area contributed by atoms with Gasteiger partial charge < -0.3 is 10.6 Å². The molecule has 0 aromatic heterocycles. The van der Waals surface area contributed by atoms with Crippen molar-refractivity contribution in [2.75, 3.05) is 0 Å². The molecule has 1 aromatic rings. The molecule has 202 valence electrons. The Labute approximate surface area is 223 Å². The summed E-state index contributed by atoms with van der Waals surface area (Å²) in [6.45, 7) is 9.88. The fourth-order valence-corrected chi connectivity index (χ4v) is 9.41. The summed E-state index contributed by atoms with van der Waals surface area (Å²) in [5.41, 5.74) is 1.51. The molecule has 8 unspecified atom stereocenters. The lowest BCUT2D eigenvalue weighted by molar-refractivity contribution is 0.0532. The molecule has 4 fully saturated rings. The van der Waals surface area contributed by atoms with Gasteiger partial charge in [0.05, 0.1) is 0 Å². The predicted octanol–water partition coefficient (Wildman–Crippen LogP) is 8.53. The summed E-state index contributed by atoms with van der Waals surface area (Å²) >= 11 is 0. The summed E-state index contributed by atoms with van der Waals surface area (Å²) in [4.78, 5) is 0. The van der Waals surface area contributed by atoms with Gasteiger partial charge in [0, 0.05) is 24.2 Å². The van der Waals surface area contributed by atoms with E-state index in [0.29, 0.717) is 18.1 Å². The van der Waals surface area contributed by atoms with Crippen molar-refractivity contribution in [2.24, 2.45) is 41.4 Å². The maximum atomic E-state index is 4.42. The van der Waals surface area contributed by atoms with Crippen LogP contribution in [0.1, 0.15) is 123 Å². The molecule has 8 atom stereocenters. The molecule has 2 N–H and O–H groups in total. The second-order valence-corrected chi connectivity index (χ2v) is 13.9. The highest BCUT2D eigenvalue weighted by Crippen LogP contribution is 2.47. The first-order chi connectivity index (χ1) is 17.5. The molecule has 1 aliphatic heterocycles. The second-order valence-electron chi connectivity index (χ2n) is 13.9.